The van der Waals surface area contributed by atoms with Crippen LogP contribution < -0.4 is 5.90 Å². The van der Waals surface area contributed by atoms with Gasteiger partial charge in [-0.3, -0.25) is 4.84 Å². The molecule has 0 radical (unpaired) electrons. The quantitative estimate of drug-likeness (QED) is 0.661. The van der Waals surface area contributed by atoms with Gasteiger partial charge in [0.15, 0.2) is 0 Å². The molecular weight excluding hydrogens is 152 g/mol. The van der Waals surface area contributed by atoms with E-state index in [0.717, 1.165) is 11.3 Å². The number of hydrogen-bond donors (Lipinski definition) is 2. The molecule has 12 heavy (non-hydrogen) atoms. The van der Waals surface area contributed by atoms with Crippen molar-refractivity contribution in [2.24, 2.45) is 5.90 Å². The van der Waals surface area contributed by atoms with Crippen molar-refractivity contribution in [2.45, 2.75) is 33.3 Å². The van der Waals surface area contributed by atoms with Crippen LogP contribution >= 0.6 is 0 Å². The first-order valence-electron chi connectivity index (χ1n) is 4.02. The van der Waals surface area contributed by atoms with Crippen LogP contribution in [0.3, 0.4) is 0 Å². The van der Waals surface area contributed by atoms with Crippen LogP contribution in [0.1, 0.15) is 30.7 Å². The minimum atomic E-state index is -0.409. The first-order valence-corrected chi connectivity index (χ1v) is 4.02. The monoisotopic (exact) mass is 168 g/mol. The van der Waals surface area contributed by atoms with Crippen molar-refractivity contribution in [3.8, 4) is 0 Å². The molecular formula is C9H16N2O. The van der Waals surface area contributed by atoms with E-state index in [4.69, 9.17) is 10.7 Å². The lowest BCUT2D eigenvalue weighted by atomic mass is 9.95. The summed E-state index contributed by atoms with van der Waals surface area (Å²) < 4.78 is 0. The topological polar surface area (TPSA) is 51.0 Å². The maximum Gasteiger partial charge on any atom is 0.111 e. The van der Waals surface area contributed by atoms with Crippen LogP contribution in [-0.2, 0) is 10.4 Å². The van der Waals surface area contributed by atoms with E-state index < -0.39 is 5.60 Å². The Kier molecular flexibility index (Phi) is 2.26. The lowest BCUT2D eigenvalue weighted by molar-refractivity contribution is -0.0243. The van der Waals surface area contributed by atoms with Gasteiger partial charge >= 0.3 is 0 Å². The van der Waals surface area contributed by atoms with Crippen LogP contribution in [0, 0.1) is 13.8 Å². The molecule has 0 atom stereocenters. The minimum absolute atomic E-state index is 0.409. The van der Waals surface area contributed by atoms with Gasteiger partial charge in [-0.05, 0) is 33.3 Å². The van der Waals surface area contributed by atoms with Crippen molar-refractivity contribution in [3.63, 3.8) is 0 Å². The molecule has 0 saturated carbocycles. The normalized spacial score (nSPS) is 12.1. The fourth-order valence-corrected chi connectivity index (χ4v) is 1.64. The predicted octanol–water partition coefficient (Wildman–Crippen LogP) is 1.76. The lowest BCUT2D eigenvalue weighted by Crippen LogP contribution is -2.26. The molecule has 1 aromatic rings. The molecule has 0 unspecified atom stereocenters. The van der Waals surface area contributed by atoms with Gasteiger partial charge in [0.2, 0.25) is 0 Å². The molecule has 0 aliphatic heterocycles. The molecule has 1 heterocycles. The Labute approximate surface area is 72.9 Å². The number of aromatic nitrogens is 1. The summed E-state index contributed by atoms with van der Waals surface area (Å²) in [5, 5.41) is 0. The van der Waals surface area contributed by atoms with Crippen LogP contribution in [-0.4, -0.2) is 4.98 Å². The maximum absolute atomic E-state index is 5.22. The number of aryl methyl sites for hydroxylation is 2. The third-order valence-electron chi connectivity index (χ3n) is 2.17. The fraction of sp³-hybridized carbons (Fsp3) is 0.556. The van der Waals surface area contributed by atoms with Gasteiger partial charge in [0.25, 0.3) is 0 Å². The van der Waals surface area contributed by atoms with Crippen LogP contribution in [0.15, 0.2) is 6.20 Å². The van der Waals surface area contributed by atoms with Gasteiger partial charge in [-0.1, -0.05) is 0 Å². The second kappa shape index (κ2) is 2.92. The number of nitrogens with one attached hydrogen (secondary N) is 1. The highest BCUT2D eigenvalue weighted by Crippen LogP contribution is 2.28. The Balaban J connectivity index is 3.17. The second-order valence-corrected chi connectivity index (χ2v) is 3.60. The Morgan fingerprint density at radius 1 is 1.42 bits per heavy atom. The van der Waals surface area contributed by atoms with E-state index in [1.165, 1.54) is 5.56 Å². The summed E-state index contributed by atoms with van der Waals surface area (Å²) in [7, 11) is 0. The Morgan fingerprint density at radius 2 is 2.00 bits per heavy atom. The summed E-state index contributed by atoms with van der Waals surface area (Å²) in [6.45, 7) is 7.97. The fourth-order valence-electron chi connectivity index (χ4n) is 1.64. The van der Waals surface area contributed by atoms with E-state index in [0.29, 0.717) is 0 Å². The van der Waals surface area contributed by atoms with E-state index in [2.05, 4.69) is 4.98 Å². The predicted molar refractivity (Wildman–Crippen MR) is 48.6 cm³/mol. The second-order valence-electron chi connectivity index (χ2n) is 3.60. The number of hydrogen-bond acceptors (Lipinski definition) is 2. The average Bonchev–Trinajstić information content (AvgIpc) is 2.31. The maximum atomic E-state index is 5.22. The molecule has 3 N–H and O–H groups in total. The standard InChI is InChI=1S/C9H16N2O/c1-6-5-11-7(2)8(6)9(3,4)12-10/h5,11H,10H2,1-4H3. The summed E-state index contributed by atoms with van der Waals surface area (Å²) in [6, 6.07) is 0. The molecule has 3 nitrogen and oxygen atoms in total. The molecule has 0 saturated heterocycles. The Morgan fingerprint density at radius 3 is 2.33 bits per heavy atom. The molecule has 0 spiro atoms. The zero-order valence-corrected chi connectivity index (χ0v) is 8.06. The molecule has 68 valence electrons. The highest BCUT2D eigenvalue weighted by molar-refractivity contribution is 5.33. The third-order valence-corrected chi connectivity index (χ3v) is 2.17. The molecule has 0 bridgehead atoms. The van der Waals surface area contributed by atoms with Gasteiger partial charge in [0.1, 0.15) is 5.60 Å². The van der Waals surface area contributed by atoms with Gasteiger partial charge in [0, 0.05) is 17.5 Å². The van der Waals surface area contributed by atoms with Crippen LogP contribution in [0.4, 0.5) is 0 Å². The molecule has 1 aromatic heterocycles. The lowest BCUT2D eigenvalue weighted by Gasteiger charge is -2.23. The molecule has 0 amide bonds. The molecule has 1 rings (SSSR count). The van der Waals surface area contributed by atoms with Crippen molar-refractivity contribution >= 4 is 0 Å². The molecule has 0 aliphatic rings. The highest BCUT2D eigenvalue weighted by atomic mass is 16.6. The number of rotatable bonds is 2. The van der Waals surface area contributed by atoms with Crippen molar-refractivity contribution in [1.82, 2.24) is 4.98 Å². The van der Waals surface area contributed by atoms with Crippen LogP contribution in [0.5, 0.6) is 0 Å². The zero-order chi connectivity index (χ0) is 9.35. The van der Waals surface area contributed by atoms with E-state index in [1.54, 1.807) is 0 Å². The van der Waals surface area contributed by atoms with E-state index in [1.807, 2.05) is 33.9 Å². The SMILES string of the molecule is Cc1c[nH]c(C)c1C(C)(C)ON. The first-order chi connectivity index (χ1) is 5.49. The molecule has 0 aliphatic carbocycles. The highest BCUT2D eigenvalue weighted by Gasteiger charge is 2.25. The third kappa shape index (κ3) is 1.38. The smallest absolute Gasteiger partial charge is 0.111 e. The minimum Gasteiger partial charge on any atom is -0.365 e. The summed E-state index contributed by atoms with van der Waals surface area (Å²) in [6.07, 6.45) is 1.96. The Bertz CT molecular complexity index is 257. The van der Waals surface area contributed by atoms with Gasteiger partial charge in [-0.25, -0.2) is 5.90 Å². The van der Waals surface area contributed by atoms with E-state index >= 15 is 0 Å². The van der Waals surface area contributed by atoms with E-state index in [-0.39, 0.29) is 0 Å². The van der Waals surface area contributed by atoms with Crippen molar-refractivity contribution in [1.29, 1.82) is 0 Å². The largest absolute Gasteiger partial charge is 0.365 e. The summed E-state index contributed by atoms with van der Waals surface area (Å²) in [4.78, 5) is 8.07. The average molecular weight is 168 g/mol. The van der Waals surface area contributed by atoms with Gasteiger partial charge in [-0.2, -0.15) is 0 Å². The van der Waals surface area contributed by atoms with Crippen LogP contribution in [0.2, 0.25) is 0 Å². The molecule has 3 heteroatoms. The molecule has 0 aromatic carbocycles. The van der Waals surface area contributed by atoms with Crippen molar-refractivity contribution in [3.05, 3.63) is 23.0 Å². The van der Waals surface area contributed by atoms with Crippen molar-refractivity contribution in [2.75, 3.05) is 0 Å². The summed E-state index contributed by atoms with van der Waals surface area (Å²) in [5.74, 6) is 5.22. The summed E-state index contributed by atoms with van der Waals surface area (Å²) >= 11 is 0. The number of H-pyrrole nitrogens is 1. The number of nitrogens with two attached hydrogens (primary N) is 1. The van der Waals surface area contributed by atoms with Gasteiger partial charge < -0.3 is 4.98 Å². The zero-order valence-electron chi connectivity index (χ0n) is 8.06. The van der Waals surface area contributed by atoms with Gasteiger partial charge in [-0.15, -0.1) is 0 Å². The number of aromatic amines is 1. The first kappa shape index (κ1) is 9.29. The van der Waals surface area contributed by atoms with Crippen LogP contribution in [0.25, 0.3) is 0 Å². The Hall–Kier alpha value is -0.800. The van der Waals surface area contributed by atoms with Crippen molar-refractivity contribution < 1.29 is 4.84 Å². The summed E-state index contributed by atoms with van der Waals surface area (Å²) in [5.41, 5.74) is 3.03. The van der Waals surface area contributed by atoms with E-state index in [9.17, 15) is 0 Å². The van der Waals surface area contributed by atoms with Gasteiger partial charge in [0.05, 0.1) is 0 Å². The molecule has 0 fully saturated rings.